The molecule has 10 heteroatoms. The molecule has 0 saturated heterocycles. The van der Waals surface area contributed by atoms with Crippen LogP contribution in [0, 0.1) is 0 Å². The Bertz CT molecular complexity index is 1320. The third kappa shape index (κ3) is 5.52. The number of nitrogens with zero attached hydrogens (tertiary/aromatic N) is 2. The lowest BCUT2D eigenvalue weighted by Gasteiger charge is -2.16. The smallest absolute Gasteiger partial charge is 0.328 e. The number of nitrogens with one attached hydrogen (secondary N) is 1. The minimum absolute atomic E-state index is 0.0825. The van der Waals surface area contributed by atoms with Gasteiger partial charge in [-0.15, -0.1) is 0 Å². The highest BCUT2D eigenvalue weighted by molar-refractivity contribution is 8.00. The molecule has 0 aliphatic heterocycles. The minimum atomic E-state index is -0.893. The lowest BCUT2D eigenvalue weighted by molar-refractivity contribution is -0.148. The molecule has 4 rings (SSSR count). The van der Waals surface area contributed by atoms with Crippen LogP contribution in [0.3, 0.4) is 0 Å². The SMILES string of the molecule is COC(=O)C(Cc1ccccc1)NC(=O)COC(=O)CSc1ncnc2c1oc1ccccc12. The van der Waals surface area contributed by atoms with E-state index in [9.17, 15) is 14.4 Å². The van der Waals surface area contributed by atoms with Crippen molar-refractivity contribution in [1.82, 2.24) is 15.3 Å². The fraction of sp³-hybridized carbons (Fsp3) is 0.208. The number of para-hydroxylation sites is 1. The second-order valence-electron chi connectivity index (χ2n) is 7.24. The average Bonchev–Trinajstić information content (AvgIpc) is 3.25. The van der Waals surface area contributed by atoms with Crippen molar-refractivity contribution in [3.8, 4) is 0 Å². The summed E-state index contributed by atoms with van der Waals surface area (Å²) in [5.41, 5.74) is 2.68. The van der Waals surface area contributed by atoms with Crippen LogP contribution in [0.2, 0.25) is 0 Å². The van der Waals surface area contributed by atoms with Crippen LogP contribution in [0.15, 0.2) is 70.4 Å². The molecule has 2 heterocycles. The van der Waals surface area contributed by atoms with Crippen LogP contribution in [0.25, 0.3) is 22.1 Å². The van der Waals surface area contributed by atoms with Crippen molar-refractivity contribution in [3.63, 3.8) is 0 Å². The molecule has 174 valence electrons. The fourth-order valence-electron chi connectivity index (χ4n) is 3.34. The number of esters is 2. The molecule has 1 atom stereocenters. The van der Waals surface area contributed by atoms with Crippen molar-refractivity contribution in [1.29, 1.82) is 0 Å². The van der Waals surface area contributed by atoms with Crippen molar-refractivity contribution >= 4 is 51.7 Å². The van der Waals surface area contributed by atoms with Gasteiger partial charge in [-0.05, 0) is 17.7 Å². The zero-order valence-electron chi connectivity index (χ0n) is 18.2. The lowest BCUT2D eigenvalue weighted by Crippen LogP contribution is -2.44. The number of fused-ring (bicyclic) bond motifs is 3. The van der Waals surface area contributed by atoms with Gasteiger partial charge in [0, 0.05) is 11.8 Å². The topological polar surface area (TPSA) is 121 Å². The second kappa shape index (κ2) is 10.8. The van der Waals surface area contributed by atoms with Crippen LogP contribution < -0.4 is 5.32 Å². The highest BCUT2D eigenvalue weighted by atomic mass is 32.2. The zero-order valence-corrected chi connectivity index (χ0v) is 19.0. The minimum Gasteiger partial charge on any atom is -0.467 e. The monoisotopic (exact) mass is 479 g/mol. The number of furan rings is 1. The van der Waals surface area contributed by atoms with Crippen LogP contribution in [0.1, 0.15) is 5.56 Å². The molecule has 0 aliphatic rings. The maximum Gasteiger partial charge on any atom is 0.328 e. The standard InChI is InChI=1S/C24H21N3O6S/c1-31-24(30)17(11-15-7-3-2-4-8-15)27-19(28)12-32-20(29)13-34-23-22-21(25-14-26-23)16-9-5-6-10-18(16)33-22/h2-10,14,17H,11-13H2,1H3,(H,27,28). The van der Waals surface area contributed by atoms with Gasteiger partial charge in [0.2, 0.25) is 0 Å². The largest absolute Gasteiger partial charge is 0.467 e. The van der Waals surface area contributed by atoms with Gasteiger partial charge in [0.1, 0.15) is 28.5 Å². The molecule has 2 aromatic heterocycles. The number of aromatic nitrogens is 2. The van der Waals surface area contributed by atoms with Gasteiger partial charge in [0.05, 0.1) is 12.9 Å². The first-order valence-corrected chi connectivity index (χ1v) is 11.4. The van der Waals surface area contributed by atoms with E-state index in [1.165, 1.54) is 13.4 Å². The van der Waals surface area contributed by atoms with Crippen LogP contribution >= 0.6 is 11.8 Å². The molecular weight excluding hydrogens is 458 g/mol. The molecule has 1 unspecified atom stereocenters. The number of rotatable bonds is 9. The summed E-state index contributed by atoms with van der Waals surface area (Å²) in [6.07, 6.45) is 1.66. The Morgan fingerprint density at radius 3 is 2.62 bits per heavy atom. The van der Waals surface area contributed by atoms with Gasteiger partial charge in [0.25, 0.3) is 5.91 Å². The Hall–Kier alpha value is -3.92. The first-order chi connectivity index (χ1) is 16.5. The zero-order chi connectivity index (χ0) is 23.9. The van der Waals surface area contributed by atoms with E-state index in [0.717, 1.165) is 22.7 Å². The van der Waals surface area contributed by atoms with E-state index in [2.05, 4.69) is 15.3 Å². The first kappa shape index (κ1) is 23.2. The molecule has 0 radical (unpaired) electrons. The number of methoxy groups -OCH3 is 1. The maximum absolute atomic E-state index is 12.3. The molecule has 4 aromatic rings. The Labute approximate surface area is 198 Å². The molecule has 1 amide bonds. The number of carbonyl (C=O) groups is 3. The van der Waals surface area contributed by atoms with Crippen molar-refractivity contribution in [2.45, 2.75) is 17.5 Å². The predicted octanol–water partition coefficient (Wildman–Crippen LogP) is 2.91. The van der Waals surface area contributed by atoms with E-state index < -0.39 is 30.5 Å². The van der Waals surface area contributed by atoms with Crippen LogP contribution in [0.4, 0.5) is 0 Å². The highest BCUT2D eigenvalue weighted by Gasteiger charge is 2.23. The number of thioether (sulfide) groups is 1. The van der Waals surface area contributed by atoms with E-state index in [1.54, 1.807) is 0 Å². The van der Waals surface area contributed by atoms with Gasteiger partial charge in [-0.2, -0.15) is 0 Å². The van der Waals surface area contributed by atoms with Crippen LogP contribution in [-0.2, 0) is 30.3 Å². The van der Waals surface area contributed by atoms with Crippen LogP contribution in [-0.4, -0.2) is 53.3 Å². The third-order valence-corrected chi connectivity index (χ3v) is 5.86. The number of carbonyl (C=O) groups excluding carboxylic acids is 3. The van der Waals surface area contributed by atoms with Crippen molar-refractivity contribution in [2.24, 2.45) is 0 Å². The van der Waals surface area contributed by atoms with Gasteiger partial charge < -0.3 is 19.2 Å². The second-order valence-corrected chi connectivity index (χ2v) is 8.20. The summed E-state index contributed by atoms with van der Waals surface area (Å²) in [5.74, 6) is -1.88. The Kier molecular flexibility index (Phi) is 7.38. The summed E-state index contributed by atoms with van der Waals surface area (Å²) in [4.78, 5) is 45.0. The molecule has 0 fully saturated rings. The highest BCUT2D eigenvalue weighted by Crippen LogP contribution is 2.32. The predicted molar refractivity (Wildman–Crippen MR) is 125 cm³/mol. The Balaban J connectivity index is 1.31. The molecule has 0 spiro atoms. The van der Waals surface area contributed by atoms with Gasteiger partial charge in [-0.25, -0.2) is 14.8 Å². The number of hydrogen-bond acceptors (Lipinski definition) is 9. The summed E-state index contributed by atoms with van der Waals surface area (Å²) in [6, 6.07) is 15.8. The lowest BCUT2D eigenvalue weighted by atomic mass is 10.1. The number of benzene rings is 2. The quantitative estimate of drug-likeness (QED) is 0.219. The normalized spacial score (nSPS) is 11.8. The number of amides is 1. The van der Waals surface area contributed by atoms with Gasteiger partial charge in [-0.1, -0.05) is 54.2 Å². The summed E-state index contributed by atoms with van der Waals surface area (Å²) in [5, 5.41) is 3.91. The van der Waals surface area contributed by atoms with Crippen LogP contribution in [0.5, 0.6) is 0 Å². The van der Waals surface area contributed by atoms with Crippen molar-refractivity contribution in [3.05, 3.63) is 66.5 Å². The van der Waals surface area contributed by atoms with Crippen molar-refractivity contribution < 1.29 is 28.3 Å². The molecule has 2 aromatic carbocycles. The average molecular weight is 480 g/mol. The summed E-state index contributed by atoms with van der Waals surface area (Å²) < 4.78 is 15.7. The first-order valence-electron chi connectivity index (χ1n) is 10.4. The fourth-order valence-corrected chi connectivity index (χ4v) is 4.07. The number of hydrogen-bond donors (Lipinski definition) is 1. The molecule has 0 aliphatic carbocycles. The molecular formula is C24H21N3O6S. The summed E-state index contributed by atoms with van der Waals surface area (Å²) in [6.45, 7) is -0.522. The van der Waals surface area contributed by atoms with E-state index in [-0.39, 0.29) is 12.2 Å². The third-order valence-electron chi connectivity index (χ3n) is 4.92. The molecule has 9 nitrogen and oxygen atoms in total. The molecule has 34 heavy (non-hydrogen) atoms. The summed E-state index contributed by atoms with van der Waals surface area (Å²) in [7, 11) is 1.25. The number of ether oxygens (including phenoxy) is 2. The van der Waals surface area contributed by atoms with Gasteiger partial charge in [0.15, 0.2) is 12.2 Å². The van der Waals surface area contributed by atoms with E-state index in [4.69, 9.17) is 13.9 Å². The maximum atomic E-state index is 12.3. The van der Waals surface area contributed by atoms with Crippen molar-refractivity contribution in [2.75, 3.05) is 19.5 Å². The molecule has 1 N–H and O–H groups in total. The van der Waals surface area contributed by atoms with Gasteiger partial charge >= 0.3 is 11.9 Å². The van der Waals surface area contributed by atoms with E-state index >= 15 is 0 Å². The van der Waals surface area contributed by atoms with E-state index in [0.29, 0.717) is 21.7 Å². The van der Waals surface area contributed by atoms with Gasteiger partial charge in [-0.3, -0.25) is 9.59 Å². The molecule has 0 bridgehead atoms. The Morgan fingerprint density at radius 1 is 1.06 bits per heavy atom. The molecule has 0 saturated carbocycles. The Morgan fingerprint density at radius 2 is 1.82 bits per heavy atom. The van der Waals surface area contributed by atoms with E-state index in [1.807, 2.05) is 54.6 Å². The summed E-state index contributed by atoms with van der Waals surface area (Å²) >= 11 is 1.12.